The third-order valence-electron chi connectivity index (χ3n) is 4.89. The highest BCUT2D eigenvalue weighted by molar-refractivity contribution is 7.89. The van der Waals surface area contributed by atoms with E-state index in [4.69, 9.17) is 4.74 Å². The number of likely N-dealkylation sites (tertiary alicyclic amines) is 1. The second-order valence-electron chi connectivity index (χ2n) is 6.53. The number of nitrogens with zero attached hydrogens (tertiary/aromatic N) is 2. The topological polar surface area (TPSA) is 66.9 Å². The van der Waals surface area contributed by atoms with Crippen molar-refractivity contribution in [1.82, 2.24) is 9.21 Å². The van der Waals surface area contributed by atoms with E-state index in [0.29, 0.717) is 19.4 Å². The number of hydrogen-bond donors (Lipinski definition) is 0. The van der Waals surface area contributed by atoms with Gasteiger partial charge in [0.25, 0.3) is 0 Å². The molecule has 0 bridgehead atoms. The number of ether oxygens (including phenoxy) is 1. The molecule has 138 valence electrons. The van der Waals surface area contributed by atoms with Crippen LogP contribution in [0.5, 0.6) is 5.75 Å². The molecule has 6 nitrogen and oxygen atoms in total. The van der Waals surface area contributed by atoms with Crippen LogP contribution in [0.25, 0.3) is 0 Å². The molecule has 2 aliphatic rings. The van der Waals surface area contributed by atoms with E-state index in [0.717, 1.165) is 38.1 Å². The van der Waals surface area contributed by atoms with Gasteiger partial charge in [0.2, 0.25) is 15.9 Å². The molecule has 8 heteroatoms. The molecule has 2 heterocycles. The Labute approximate surface area is 147 Å². The largest absolute Gasteiger partial charge is 0.495 e. The molecule has 25 heavy (non-hydrogen) atoms. The van der Waals surface area contributed by atoms with Crippen molar-refractivity contribution in [3.63, 3.8) is 0 Å². The Balaban J connectivity index is 1.82. The van der Waals surface area contributed by atoms with Gasteiger partial charge in [-0.05, 0) is 43.9 Å². The summed E-state index contributed by atoms with van der Waals surface area (Å²) in [5.41, 5.74) is 0. The van der Waals surface area contributed by atoms with Crippen LogP contribution in [0.1, 0.15) is 25.7 Å². The van der Waals surface area contributed by atoms with Gasteiger partial charge in [-0.25, -0.2) is 12.8 Å². The van der Waals surface area contributed by atoms with Crippen molar-refractivity contribution in [2.24, 2.45) is 5.92 Å². The number of methoxy groups -OCH3 is 1. The normalized spacial score (nSPS) is 22.2. The average molecular weight is 370 g/mol. The Morgan fingerprint density at radius 1 is 1.20 bits per heavy atom. The lowest BCUT2D eigenvalue weighted by Gasteiger charge is -2.33. The maximum absolute atomic E-state index is 13.6. The summed E-state index contributed by atoms with van der Waals surface area (Å²) in [6.07, 6.45) is 3.30. The number of halogens is 1. The van der Waals surface area contributed by atoms with Crippen LogP contribution < -0.4 is 4.74 Å². The molecule has 2 aliphatic heterocycles. The Morgan fingerprint density at radius 2 is 1.92 bits per heavy atom. The Morgan fingerprint density at radius 3 is 2.60 bits per heavy atom. The van der Waals surface area contributed by atoms with E-state index >= 15 is 0 Å². The summed E-state index contributed by atoms with van der Waals surface area (Å²) in [5.74, 6) is -0.833. The molecule has 0 saturated carbocycles. The monoisotopic (exact) mass is 370 g/mol. The highest BCUT2D eigenvalue weighted by Gasteiger charge is 2.36. The van der Waals surface area contributed by atoms with Crippen LogP contribution in [-0.4, -0.2) is 56.8 Å². The maximum Gasteiger partial charge on any atom is 0.246 e. The Bertz CT molecular complexity index is 747. The summed E-state index contributed by atoms with van der Waals surface area (Å²) in [6, 6.07) is 3.44. The SMILES string of the molecule is COc1ccc(F)cc1S(=O)(=O)N1CCC[C@@H](C(=O)N2CCCC2)C1. The second kappa shape index (κ2) is 7.29. The summed E-state index contributed by atoms with van der Waals surface area (Å²) in [7, 11) is -2.57. The molecule has 2 saturated heterocycles. The number of carbonyl (C=O) groups is 1. The van der Waals surface area contributed by atoms with Crippen LogP contribution >= 0.6 is 0 Å². The number of piperidine rings is 1. The lowest BCUT2D eigenvalue weighted by molar-refractivity contribution is -0.135. The lowest BCUT2D eigenvalue weighted by Crippen LogP contribution is -2.46. The number of hydrogen-bond acceptors (Lipinski definition) is 4. The third-order valence-corrected chi connectivity index (χ3v) is 6.78. The van der Waals surface area contributed by atoms with Crippen molar-refractivity contribution in [1.29, 1.82) is 0 Å². The third kappa shape index (κ3) is 3.64. The van der Waals surface area contributed by atoms with Gasteiger partial charge in [0.05, 0.1) is 13.0 Å². The molecule has 0 radical (unpaired) electrons. The van der Waals surface area contributed by atoms with E-state index in [1.54, 1.807) is 0 Å². The minimum Gasteiger partial charge on any atom is -0.495 e. The first-order valence-corrected chi connectivity index (χ1v) is 10.00. The molecule has 0 aliphatic carbocycles. The number of amides is 1. The molecule has 1 atom stereocenters. The van der Waals surface area contributed by atoms with Crippen molar-refractivity contribution < 1.29 is 22.3 Å². The van der Waals surface area contributed by atoms with Crippen LogP contribution in [-0.2, 0) is 14.8 Å². The zero-order valence-corrected chi connectivity index (χ0v) is 15.1. The van der Waals surface area contributed by atoms with E-state index in [1.165, 1.54) is 17.5 Å². The van der Waals surface area contributed by atoms with E-state index in [9.17, 15) is 17.6 Å². The van der Waals surface area contributed by atoms with Crippen molar-refractivity contribution in [3.05, 3.63) is 24.0 Å². The van der Waals surface area contributed by atoms with Crippen molar-refractivity contribution in [2.45, 2.75) is 30.6 Å². The number of sulfonamides is 1. The first-order chi connectivity index (χ1) is 11.9. The smallest absolute Gasteiger partial charge is 0.246 e. The van der Waals surface area contributed by atoms with Crippen molar-refractivity contribution in [3.8, 4) is 5.75 Å². The molecule has 0 aromatic heterocycles. The first-order valence-electron chi connectivity index (χ1n) is 8.56. The molecule has 1 aromatic rings. The van der Waals surface area contributed by atoms with Gasteiger partial charge in [0.15, 0.2) is 0 Å². The van der Waals surface area contributed by atoms with Crippen LogP contribution in [0.4, 0.5) is 4.39 Å². The second-order valence-corrected chi connectivity index (χ2v) is 8.44. The Hall–Kier alpha value is -1.67. The number of carbonyl (C=O) groups excluding carboxylic acids is 1. The highest BCUT2D eigenvalue weighted by atomic mass is 32.2. The van der Waals surface area contributed by atoms with Gasteiger partial charge in [0, 0.05) is 26.2 Å². The maximum atomic E-state index is 13.6. The zero-order valence-electron chi connectivity index (χ0n) is 14.3. The van der Waals surface area contributed by atoms with Gasteiger partial charge in [0.1, 0.15) is 16.5 Å². The molecule has 1 amide bonds. The van der Waals surface area contributed by atoms with Crippen LogP contribution in [0.15, 0.2) is 23.1 Å². The number of rotatable bonds is 4. The highest BCUT2D eigenvalue weighted by Crippen LogP contribution is 2.31. The van der Waals surface area contributed by atoms with Gasteiger partial charge in [-0.1, -0.05) is 0 Å². The van der Waals surface area contributed by atoms with Gasteiger partial charge in [-0.3, -0.25) is 4.79 Å². The van der Waals surface area contributed by atoms with Gasteiger partial charge in [-0.15, -0.1) is 0 Å². The predicted octanol–water partition coefficient (Wildman–Crippen LogP) is 1.86. The van der Waals surface area contributed by atoms with E-state index < -0.39 is 15.8 Å². The molecular weight excluding hydrogens is 347 g/mol. The van der Waals surface area contributed by atoms with Crippen molar-refractivity contribution >= 4 is 15.9 Å². The molecule has 0 spiro atoms. The van der Waals surface area contributed by atoms with Crippen molar-refractivity contribution in [2.75, 3.05) is 33.3 Å². The quantitative estimate of drug-likeness (QED) is 0.811. The molecule has 0 unspecified atom stereocenters. The van der Waals surface area contributed by atoms with Gasteiger partial charge < -0.3 is 9.64 Å². The molecule has 2 fully saturated rings. The minimum atomic E-state index is -3.92. The van der Waals surface area contributed by atoms with Crippen LogP contribution in [0, 0.1) is 11.7 Å². The van der Waals surface area contributed by atoms with Crippen LogP contribution in [0.3, 0.4) is 0 Å². The summed E-state index contributed by atoms with van der Waals surface area (Å²) in [6.45, 7) is 1.96. The zero-order chi connectivity index (χ0) is 18.0. The molecule has 1 aromatic carbocycles. The lowest BCUT2D eigenvalue weighted by atomic mass is 9.98. The fourth-order valence-corrected chi connectivity index (χ4v) is 5.24. The Kier molecular flexibility index (Phi) is 5.29. The molecule has 0 N–H and O–H groups in total. The first kappa shape index (κ1) is 18.1. The average Bonchev–Trinajstić information content (AvgIpc) is 3.16. The van der Waals surface area contributed by atoms with E-state index in [-0.39, 0.29) is 29.0 Å². The van der Waals surface area contributed by atoms with Gasteiger partial charge in [-0.2, -0.15) is 4.31 Å². The standard InChI is InChI=1S/C17H23FN2O4S/c1-24-15-7-6-14(18)11-16(15)25(22,23)20-10-4-5-13(12-20)17(21)19-8-2-3-9-19/h6-7,11,13H,2-5,8-10,12H2,1H3/t13-/m1/s1. The fourth-order valence-electron chi connectivity index (χ4n) is 3.55. The van der Waals surface area contributed by atoms with Crippen LogP contribution in [0.2, 0.25) is 0 Å². The van der Waals surface area contributed by atoms with Gasteiger partial charge >= 0.3 is 0 Å². The predicted molar refractivity (Wildman–Crippen MR) is 90.2 cm³/mol. The fraction of sp³-hybridized carbons (Fsp3) is 0.588. The van der Waals surface area contributed by atoms with E-state index in [2.05, 4.69) is 0 Å². The summed E-state index contributed by atoms with van der Waals surface area (Å²) < 4.78 is 45.9. The minimum absolute atomic E-state index is 0.0311. The molecule has 3 rings (SSSR count). The number of benzene rings is 1. The summed E-state index contributed by atoms with van der Waals surface area (Å²) in [5, 5.41) is 0. The van der Waals surface area contributed by atoms with E-state index in [1.807, 2.05) is 4.90 Å². The summed E-state index contributed by atoms with van der Waals surface area (Å²) >= 11 is 0. The molecular formula is C17H23FN2O4S. The summed E-state index contributed by atoms with van der Waals surface area (Å²) in [4.78, 5) is 14.2.